The fraction of sp³-hybridized carbons (Fsp3) is 0.684. The molecule has 0 radical (unpaired) electrons. The van der Waals surface area contributed by atoms with Gasteiger partial charge in [-0.2, -0.15) is 0 Å². The van der Waals surface area contributed by atoms with Crippen LogP contribution in [0.15, 0.2) is 24.3 Å². The van der Waals surface area contributed by atoms with Crippen LogP contribution in [0.1, 0.15) is 51.5 Å². The average Bonchev–Trinajstić information content (AvgIpc) is 2.47. The van der Waals surface area contributed by atoms with E-state index in [2.05, 4.69) is 55.3 Å². The largest absolute Gasteiger partial charge is 0.385 e. The van der Waals surface area contributed by atoms with Gasteiger partial charge in [-0.25, -0.2) is 0 Å². The SMILES string of the molecule is CC(C)(C)C1CCN(CC2CCNc3ccccc32)CC1. The number of likely N-dealkylation sites (tertiary alicyclic amines) is 1. The summed E-state index contributed by atoms with van der Waals surface area (Å²) in [7, 11) is 0. The maximum Gasteiger partial charge on any atom is 0.0376 e. The number of para-hydroxylation sites is 1. The molecule has 2 heteroatoms. The summed E-state index contributed by atoms with van der Waals surface area (Å²) < 4.78 is 0. The maximum atomic E-state index is 3.54. The van der Waals surface area contributed by atoms with Gasteiger partial charge in [0, 0.05) is 24.7 Å². The number of hydrogen-bond donors (Lipinski definition) is 1. The van der Waals surface area contributed by atoms with E-state index >= 15 is 0 Å². The fourth-order valence-electron chi connectivity index (χ4n) is 4.03. The first-order valence-electron chi connectivity index (χ1n) is 8.59. The Labute approximate surface area is 129 Å². The molecule has 1 unspecified atom stereocenters. The van der Waals surface area contributed by atoms with Gasteiger partial charge in [0.25, 0.3) is 0 Å². The minimum absolute atomic E-state index is 0.480. The van der Waals surface area contributed by atoms with Crippen LogP contribution in [0, 0.1) is 11.3 Å². The summed E-state index contributed by atoms with van der Waals surface area (Å²) in [5.74, 6) is 1.61. The molecule has 1 aromatic rings. The van der Waals surface area contributed by atoms with Crippen molar-refractivity contribution in [2.75, 3.05) is 31.5 Å². The summed E-state index contributed by atoms with van der Waals surface area (Å²) in [5, 5.41) is 3.54. The Kier molecular flexibility index (Phi) is 4.26. The third-order valence-electron chi connectivity index (χ3n) is 5.50. The second-order valence-electron chi connectivity index (χ2n) is 7.94. The van der Waals surface area contributed by atoms with Crippen molar-refractivity contribution in [2.45, 2.75) is 46.0 Å². The number of hydrogen-bond acceptors (Lipinski definition) is 2. The van der Waals surface area contributed by atoms with Crippen molar-refractivity contribution in [3.8, 4) is 0 Å². The van der Waals surface area contributed by atoms with E-state index in [9.17, 15) is 0 Å². The Balaban J connectivity index is 1.59. The molecule has 21 heavy (non-hydrogen) atoms. The molecule has 0 bridgehead atoms. The molecule has 1 saturated heterocycles. The first-order valence-corrected chi connectivity index (χ1v) is 8.59. The highest BCUT2D eigenvalue weighted by molar-refractivity contribution is 5.54. The van der Waals surface area contributed by atoms with Crippen LogP contribution in [0.5, 0.6) is 0 Å². The molecule has 1 N–H and O–H groups in total. The quantitative estimate of drug-likeness (QED) is 0.870. The number of nitrogens with zero attached hydrogens (tertiary/aromatic N) is 1. The predicted octanol–water partition coefficient (Wildman–Crippen LogP) is 4.34. The van der Waals surface area contributed by atoms with Gasteiger partial charge in [0.05, 0.1) is 0 Å². The molecular formula is C19H30N2. The highest BCUT2D eigenvalue weighted by Gasteiger charge is 2.30. The fourth-order valence-corrected chi connectivity index (χ4v) is 4.03. The third-order valence-corrected chi connectivity index (χ3v) is 5.50. The Bertz CT molecular complexity index is 467. The van der Waals surface area contributed by atoms with E-state index in [4.69, 9.17) is 0 Å². The van der Waals surface area contributed by atoms with Gasteiger partial charge in [0.1, 0.15) is 0 Å². The van der Waals surface area contributed by atoms with Gasteiger partial charge in [-0.1, -0.05) is 39.0 Å². The highest BCUT2D eigenvalue weighted by atomic mass is 15.1. The minimum atomic E-state index is 0.480. The van der Waals surface area contributed by atoms with Crippen molar-refractivity contribution in [1.82, 2.24) is 4.90 Å². The molecule has 1 aromatic carbocycles. The van der Waals surface area contributed by atoms with E-state index in [1.807, 2.05) is 0 Å². The first-order chi connectivity index (χ1) is 10.0. The summed E-state index contributed by atoms with van der Waals surface area (Å²) in [5.41, 5.74) is 3.37. The molecule has 1 atom stereocenters. The maximum absolute atomic E-state index is 3.54. The van der Waals surface area contributed by atoms with Crippen LogP contribution in [-0.4, -0.2) is 31.1 Å². The van der Waals surface area contributed by atoms with Crippen molar-refractivity contribution in [1.29, 1.82) is 0 Å². The van der Waals surface area contributed by atoms with E-state index in [0.717, 1.165) is 12.5 Å². The van der Waals surface area contributed by atoms with Crippen molar-refractivity contribution in [3.63, 3.8) is 0 Å². The average molecular weight is 286 g/mol. The van der Waals surface area contributed by atoms with Crippen molar-refractivity contribution in [2.24, 2.45) is 11.3 Å². The van der Waals surface area contributed by atoms with Crippen LogP contribution in [-0.2, 0) is 0 Å². The molecular weight excluding hydrogens is 256 g/mol. The van der Waals surface area contributed by atoms with E-state index < -0.39 is 0 Å². The Morgan fingerprint density at radius 1 is 1.10 bits per heavy atom. The number of piperidine rings is 1. The summed E-state index contributed by atoms with van der Waals surface area (Å²) >= 11 is 0. The number of anilines is 1. The summed E-state index contributed by atoms with van der Waals surface area (Å²) in [6, 6.07) is 8.87. The molecule has 1 fully saturated rings. The van der Waals surface area contributed by atoms with Gasteiger partial charge in [-0.05, 0) is 55.3 Å². The Morgan fingerprint density at radius 3 is 2.52 bits per heavy atom. The third kappa shape index (κ3) is 3.42. The topological polar surface area (TPSA) is 15.3 Å². The molecule has 0 saturated carbocycles. The molecule has 0 amide bonds. The van der Waals surface area contributed by atoms with Gasteiger partial charge in [-0.3, -0.25) is 0 Å². The first kappa shape index (κ1) is 14.9. The van der Waals surface area contributed by atoms with Gasteiger partial charge in [0.15, 0.2) is 0 Å². The van der Waals surface area contributed by atoms with Crippen LogP contribution >= 0.6 is 0 Å². The van der Waals surface area contributed by atoms with Crippen LogP contribution in [0.2, 0.25) is 0 Å². The van der Waals surface area contributed by atoms with Gasteiger partial charge in [0.2, 0.25) is 0 Å². The highest BCUT2D eigenvalue weighted by Crippen LogP contribution is 2.36. The zero-order chi connectivity index (χ0) is 14.9. The Morgan fingerprint density at radius 2 is 1.81 bits per heavy atom. The van der Waals surface area contributed by atoms with Crippen molar-refractivity contribution < 1.29 is 0 Å². The van der Waals surface area contributed by atoms with E-state index in [1.54, 1.807) is 0 Å². The molecule has 0 aromatic heterocycles. The number of fused-ring (bicyclic) bond motifs is 1. The van der Waals surface area contributed by atoms with Gasteiger partial charge >= 0.3 is 0 Å². The van der Waals surface area contributed by atoms with Gasteiger partial charge in [-0.15, -0.1) is 0 Å². The zero-order valence-electron chi connectivity index (χ0n) is 13.9. The van der Waals surface area contributed by atoms with Gasteiger partial charge < -0.3 is 10.2 Å². The van der Waals surface area contributed by atoms with Crippen LogP contribution in [0.3, 0.4) is 0 Å². The molecule has 116 valence electrons. The lowest BCUT2D eigenvalue weighted by molar-refractivity contribution is 0.107. The van der Waals surface area contributed by atoms with Crippen LogP contribution < -0.4 is 5.32 Å². The van der Waals surface area contributed by atoms with E-state index in [1.165, 1.54) is 50.1 Å². The molecule has 2 heterocycles. The molecule has 3 rings (SSSR count). The number of rotatable bonds is 2. The molecule has 2 aliphatic heterocycles. The second kappa shape index (κ2) is 6.00. The lowest BCUT2D eigenvalue weighted by Crippen LogP contribution is -2.40. The Hall–Kier alpha value is -1.02. The predicted molar refractivity (Wildman–Crippen MR) is 90.9 cm³/mol. The lowest BCUT2D eigenvalue weighted by atomic mass is 9.75. The van der Waals surface area contributed by atoms with E-state index in [0.29, 0.717) is 11.3 Å². The standard InChI is InChI=1S/C19H30N2/c1-19(2,3)16-9-12-21(13-10-16)14-15-8-11-20-18-7-5-4-6-17(15)18/h4-7,15-16,20H,8-14H2,1-3H3. The molecule has 0 aliphatic carbocycles. The minimum Gasteiger partial charge on any atom is -0.385 e. The second-order valence-corrected chi connectivity index (χ2v) is 7.94. The number of nitrogens with one attached hydrogen (secondary N) is 1. The normalized spacial score (nSPS) is 24.4. The molecule has 2 aliphatic rings. The van der Waals surface area contributed by atoms with Crippen LogP contribution in [0.25, 0.3) is 0 Å². The van der Waals surface area contributed by atoms with Crippen LogP contribution in [0.4, 0.5) is 5.69 Å². The summed E-state index contributed by atoms with van der Waals surface area (Å²) in [6.07, 6.45) is 4.02. The molecule has 0 spiro atoms. The lowest BCUT2D eigenvalue weighted by Gasteiger charge is -2.40. The van der Waals surface area contributed by atoms with Crippen molar-refractivity contribution >= 4 is 5.69 Å². The van der Waals surface area contributed by atoms with Crippen molar-refractivity contribution in [3.05, 3.63) is 29.8 Å². The summed E-state index contributed by atoms with van der Waals surface area (Å²) in [4.78, 5) is 2.70. The molecule has 2 nitrogen and oxygen atoms in total. The summed E-state index contributed by atoms with van der Waals surface area (Å²) in [6.45, 7) is 12.1. The smallest absolute Gasteiger partial charge is 0.0376 e. The monoisotopic (exact) mass is 286 g/mol. The van der Waals surface area contributed by atoms with E-state index in [-0.39, 0.29) is 0 Å². The number of benzene rings is 1. The zero-order valence-corrected chi connectivity index (χ0v) is 13.9.